The number of urea groups is 2. The van der Waals surface area contributed by atoms with Crippen LogP contribution >= 0.6 is 0 Å². The van der Waals surface area contributed by atoms with Gasteiger partial charge in [0, 0.05) is 14.1 Å². The van der Waals surface area contributed by atoms with Gasteiger partial charge in [0.25, 0.3) is 11.8 Å². The third kappa shape index (κ3) is 4.28. The largest absolute Gasteiger partial charge is 2.00 e. The van der Waals surface area contributed by atoms with E-state index < -0.39 is 49.2 Å². The fourth-order valence-corrected chi connectivity index (χ4v) is 1.48. The van der Waals surface area contributed by atoms with Gasteiger partial charge in [0.1, 0.15) is 25.3 Å². The van der Waals surface area contributed by atoms with Gasteiger partial charge < -0.3 is 19.8 Å². The van der Waals surface area contributed by atoms with Gasteiger partial charge in [-0.3, -0.25) is 29.2 Å². The van der Waals surface area contributed by atoms with E-state index in [1.165, 1.54) is 14.1 Å². The zero-order chi connectivity index (χ0) is 17.2. The number of rotatable bonds is 0. The van der Waals surface area contributed by atoms with E-state index in [1.54, 1.807) is 0 Å². The fraction of sp³-hybridized carbons (Fsp3) is 0.400. The zero-order valence-electron chi connectivity index (χ0n) is 11.8. The first-order valence-electron chi connectivity index (χ1n) is 5.66. The molecule has 2 saturated heterocycles. The number of hydrogen-bond acceptors (Lipinski definition) is 8. The summed E-state index contributed by atoms with van der Waals surface area (Å²) in [6.45, 7) is -0.866. The summed E-state index contributed by atoms with van der Waals surface area (Å²) in [7, 11) is 2.43. The van der Waals surface area contributed by atoms with E-state index in [9.17, 15) is 39.0 Å². The molecule has 0 saturated carbocycles. The minimum absolute atomic E-state index is 0. The maximum absolute atomic E-state index is 10.8. The molecule has 8 amide bonds. The molecule has 2 heterocycles. The van der Waals surface area contributed by atoms with Gasteiger partial charge in [0.15, 0.2) is 0 Å². The summed E-state index contributed by atoms with van der Waals surface area (Å²) in [4.78, 5) is 65.3. The second kappa shape index (κ2) is 7.71. The first-order chi connectivity index (χ1) is 10.1. The topological polar surface area (TPSA) is 162 Å². The van der Waals surface area contributed by atoms with Crippen molar-refractivity contribution in [3.63, 3.8) is 0 Å². The molecule has 2 aliphatic heterocycles. The van der Waals surface area contributed by atoms with Gasteiger partial charge in [-0.05, 0) is 0 Å². The second-order valence-corrected chi connectivity index (χ2v) is 4.17. The van der Waals surface area contributed by atoms with Crippen LogP contribution in [0.2, 0.25) is 0 Å². The molecule has 129 valence electrons. The molecule has 12 nitrogen and oxygen atoms in total. The van der Waals surface area contributed by atoms with E-state index in [0.717, 1.165) is 9.80 Å². The van der Waals surface area contributed by atoms with E-state index in [0.29, 0.717) is 9.80 Å². The van der Waals surface area contributed by atoms with Crippen molar-refractivity contribution >= 4 is 36.1 Å². The molecule has 13 heteroatoms. The van der Waals surface area contributed by atoms with Crippen molar-refractivity contribution in [2.24, 2.45) is 0 Å². The third-order valence-corrected chi connectivity index (χ3v) is 2.81. The van der Waals surface area contributed by atoms with Gasteiger partial charge >= 0.3 is 34.4 Å². The maximum Gasteiger partial charge on any atom is 2.00 e. The van der Waals surface area contributed by atoms with Crippen LogP contribution < -0.4 is 10.2 Å². The smallest absolute Gasteiger partial charge is 0.529 e. The molecule has 23 heavy (non-hydrogen) atoms. The summed E-state index contributed by atoms with van der Waals surface area (Å²) in [5, 5.41) is 20.2. The van der Waals surface area contributed by atoms with E-state index in [-0.39, 0.29) is 22.4 Å². The molecule has 0 aromatic heterocycles. The predicted molar refractivity (Wildman–Crippen MR) is 60.5 cm³/mol. The van der Waals surface area contributed by atoms with Crippen molar-refractivity contribution in [3.8, 4) is 0 Å². The molecule has 0 bridgehead atoms. The van der Waals surface area contributed by atoms with Crippen LogP contribution in [0.15, 0.2) is 0 Å². The quantitative estimate of drug-likeness (QED) is 0.239. The molecule has 2 rings (SSSR count). The average Bonchev–Trinajstić information content (AvgIpc) is 2.85. The van der Waals surface area contributed by atoms with Crippen molar-refractivity contribution in [2.75, 3.05) is 27.2 Å². The predicted octanol–water partition coefficient (Wildman–Crippen LogP) is -3.56. The molecule has 0 aromatic carbocycles. The summed E-state index contributed by atoms with van der Waals surface area (Å²) in [6.07, 6.45) is -3.29. The molecule has 0 N–H and O–H groups in total. The SMILES string of the molecule is CN1C(=O)CN(C(=O)[O-])C1=O.CN1C(=O)CN(C(=O)[O-])C1=O.[Au+2]. The second-order valence-electron chi connectivity index (χ2n) is 4.17. The maximum atomic E-state index is 10.8. The Morgan fingerprint density at radius 3 is 1.13 bits per heavy atom. The van der Waals surface area contributed by atoms with Crippen LogP contribution in [0.4, 0.5) is 19.2 Å². The van der Waals surface area contributed by atoms with Crippen molar-refractivity contribution in [1.29, 1.82) is 0 Å². The zero-order valence-corrected chi connectivity index (χ0v) is 13.9. The summed E-state index contributed by atoms with van der Waals surface area (Å²) < 4.78 is 0. The Balaban J connectivity index is 0.000000403. The normalized spacial score (nSPS) is 17.1. The van der Waals surface area contributed by atoms with Gasteiger partial charge in [-0.15, -0.1) is 0 Å². The van der Waals surface area contributed by atoms with Gasteiger partial charge in [-0.2, -0.15) is 0 Å². The molecule has 0 aliphatic carbocycles. The number of carbonyl (C=O) groups excluding carboxylic acids is 6. The van der Waals surface area contributed by atoms with Crippen molar-refractivity contribution < 1.29 is 61.4 Å². The number of carboxylic acid groups (broad SMARTS) is 2. The van der Waals surface area contributed by atoms with E-state index in [1.807, 2.05) is 0 Å². The first-order valence-corrected chi connectivity index (χ1v) is 5.66. The Morgan fingerprint density at radius 2 is 1.04 bits per heavy atom. The number of amides is 8. The van der Waals surface area contributed by atoms with Gasteiger partial charge in [-0.1, -0.05) is 0 Å². The first kappa shape index (κ1) is 20.6. The van der Waals surface area contributed by atoms with Crippen LogP contribution in [0.5, 0.6) is 0 Å². The summed E-state index contributed by atoms with van der Waals surface area (Å²) in [6, 6.07) is -1.70. The fourth-order valence-electron chi connectivity index (χ4n) is 1.48. The van der Waals surface area contributed by atoms with Crippen LogP contribution in [-0.4, -0.2) is 82.8 Å². The van der Waals surface area contributed by atoms with Gasteiger partial charge in [-0.25, -0.2) is 9.59 Å². The average molecular weight is 511 g/mol. The summed E-state index contributed by atoms with van der Waals surface area (Å²) in [5.41, 5.74) is 0. The molecule has 0 spiro atoms. The van der Waals surface area contributed by atoms with Crippen molar-refractivity contribution in [3.05, 3.63) is 0 Å². The van der Waals surface area contributed by atoms with Crippen LogP contribution in [-0.2, 0) is 32.0 Å². The van der Waals surface area contributed by atoms with Crippen LogP contribution in [0.25, 0.3) is 0 Å². The van der Waals surface area contributed by atoms with E-state index >= 15 is 0 Å². The monoisotopic (exact) mass is 511 g/mol. The summed E-state index contributed by atoms with van der Waals surface area (Å²) in [5.74, 6) is -1.08. The van der Waals surface area contributed by atoms with E-state index in [4.69, 9.17) is 0 Å². The number of imide groups is 4. The number of likely N-dealkylation sites (N-methyl/N-ethyl adjacent to an activating group) is 2. The summed E-state index contributed by atoms with van der Waals surface area (Å²) >= 11 is 0. The Morgan fingerprint density at radius 1 is 0.783 bits per heavy atom. The van der Waals surface area contributed by atoms with E-state index in [2.05, 4.69) is 0 Å². The van der Waals surface area contributed by atoms with Crippen LogP contribution in [0, 0.1) is 0 Å². The standard InChI is InChI=1S/2C5H6N2O4.Au/c2*1-6-3(8)2-7(4(6)9)5(10)11;/h2*2H2,1H3,(H,10,11);/q;;+2/p-2. The molecule has 2 fully saturated rings. The van der Waals surface area contributed by atoms with Crippen LogP contribution in [0.1, 0.15) is 0 Å². The van der Waals surface area contributed by atoms with Gasteiger partial charge in [0.2, 0.25) is 0 Å². The molecule has 0 unspecified atom stereocenters. The number of nitrogens with zero attached hydrogens (tertiary/aromatic N) is 4. The minimum Gasteiger partial charge on any atom is -0.529 e. The Kier molecular flexibility index (Phi) is 6.89. The van der Waals surface area contributed by atoms with Crippen molar-refractivity contribution in [2.45, 2.75) is 0 Å². The van der Waals surface area contributed by atoms with Gasteiger partial charge in [0.05, 0.1) is 0 Å². The minimum atomic E-state index is -1.65. The Hall–Kier alpha value is -2.44. The molecular formula is C10H10AuN4O8. The molecule has 1 radical (unpaired) electrons. The molecule has 0 aromatic rings. The Bertz CT molecular complexity index is 529. The Labute approximate surface area is 144 Å². The molecule has 0 atom stereocenters. The molecule has 2 aliphatic rings. The third-order valence-electron chi connectivity index (χ3n) is 2.81. The number of carbonyl (C=O) groups is 6. The molecular weight excluding hydrogens is 501 g/mol. The van der Waals surface area contributed by atoms with Crippen molar-refractivity contribution in [1.82, 2.24) is 19.6 Å². The number of hydrogen-bond donors (Lipinski definition) is 0. The van der Waals surface area contributed by atoms with Crippen LogP contribution in [0.3, 0.4) is 0 Å².